The Kier molecular flexibility index (Phi) is 3.67. The van der Waals surface area contributed by atoms with Gasteiger partial charge in [0.2, 0.25) is 0 Å². The van der Waals surface area contributed by atoms with Gasteiger partial charge in [0.05, 0.1) is 24.9 Å². The van der Waals surface area contributed by atoms with Gasteiger partial charge in [0, 0.05) is 6.42 Å². The van der Waals surface area contributed by atoms with Crippen LogP contribution in [0.2, 0.25) is 0 Å². The second-order valence-corrected chi connectivity index (χ2v) is 3.94. The topological polar surface area (TPSA) is 69.9 Å². The molecule has 1 aliphatic rings. The SMILES string of the molecule is CC(C)C1O[C@H](CO)[C@@H](O)C[C@H]1O. The zero-order chi connectivity index (χ0) is 10.0. The second kappa shape index (κ2) is 4.37. The third-order valence-corrected chi connectivity index (χ3v) is 2.46. The normalized spacial score (nSPS) is 41.1. The zero-order valence-corrected chi connectivity index (χ0v) is 8.05. The standard InChI is InChI=1S/C9H18O4/c1-5(2)9-7(12)3-6(11)8(4-10)13-9/h5-12H,3-4H2,1-2H3/t6-,7+,8+,9?/m0/s1. The van der Waals surface area contributed by atoms with Gasteiger partial charge in [-0.05, 0) is 5.92 Å². The minimum atomic E-state index is -0.755. The van der Waals surface area contributed by atoms with E-state index < -0.39 is 18.3 Å². The second-order valence-electron chi connectivity index (χ2n) is 3.94. The number of hydrogen-bond donors (Lipinski definition) is 3. The van der Waals surface area contributed by atoms with E-state index in [1.54, 1.807) is 0 Å². The molecule has 13 heavy (non-hydrogen) atoms. The molecule has 4 heteroatoms. The molecule has 1 saturated heterocycles. The lowest BCUT2D eigenvalue weighted by atomic mass is 9.92. The molecule has 3 N–H and O–H groups in total. The molecule has 0 aromatic heterocycles. The summed E-state index contributed by atoms with van der Waals surface area (Å²) < 4.78 is 5.37. The smallest absolute Gasteiger partial charge is 0.107 e. The largest absolute Gasteiger partial charge is 0.394 e. The minimum absolute atomic E-state index is 0.191. The van der Waals surface area contributed by atoms with Gasteiger partial charge in [0.15, 0.2) is 0 Å². The maximum Gasteiger partial charge on any atom is 0.107 e. The Hall–Kier alpha value is -0.160. The van der Waals surface area contributed by atoms with Crippen molar-refractivity contribution in [1.82, 2.24) is 0 Å². The van der Waals surface area contributed by atoms with Crippen molar-refractivity contribution in [3.05, 3.63) is 0 Å². The van der Waals surface area contributed by atoms with Crippen molar-refractivity contribution in [1.29, 1.82) is 0 Å². The summed E-state index contributed by atoms with van der Waals surface area (Å²) in [7, 11) is 0. The van der Waals surface area contributed by atoms with Gasteiger partial charge < -0.3 is 20.1 Å². The van der Waals surface area contributed by atoms with E-state index >= 15 is 0 Å². The molecule has 0 aromatic rings. The Balaban J connectivity index is 2.58. The highest BCUT2D eigenvalue weighted by Crippen LogP contribution is 2.24. The van der Waals surface area contributed by atoms with E-state index in [1.807, 2.05) is 13.8 Å². The molecule has 78 valence electrons. The summed E-state index contributed by atoms with van der Waals surface area (Å²) in [6.45, 7) is 3.69. The fraction of sp³-hybridized carbons (Fsp3) is 1.00. The molecule has 0 aromatic carbocycles. The Morgan fingerprint density at radius 3 is 2.38 bits per heavy atom. The molecule has 0 amide bonds. The average molecular weight is 190 g/mol. The van der Waals surface area contributed by atoms with E-state index in [0.29, 0.717) is 0 Å². The Morgan fingerprint density at radius 1 is 1.31 bits per heavy atom. The molecule has 1 fully saturated rings. The van der Waals surface area contributed by atoms with E-state index in [-0.39, 0.29) is 25.0 Å². The molecule has 4 atom stereocenters. The van der Waals surface area contributed by atoms with Crippen molar-refractivity contribution in [2.24, 2.45) is 5.92 Å². The first-order valence-corrected chi connectivity index (χ1v) is 4.68. The van der Waals surface area contributed by atoms with Crippen molar-refractivity contribution in [2.45, 2.75) is 44.7 Å². The molecule has 0 bridgehead atoms. The van der Waals surface area contributed by atoms with Gasteiger partial charge in [-0.3, -0.25) is 0 Å². The molecule has 0 aliphatic carbocycles. The van der Waals surface area contributed by atoms with Crippen molar-refractivity contribution >= 4 is 0 Å². The summed E-state index contributed by atoms with van der Waals surface area (Å²) in [6.07, 6.45) is -1.92. The molecule has 0 saturated carbocycles. The van der Waals surface area contributed by atoms with Crippen LogP contribution in [0.4, 0.5) is 0 Å². The summed E-state index contributed by atoms with van der Waals surface area (Å²) in [5.74, 6) is 0.191. The number of aliphatic hydroxyl groups excluding tert-OH is 3. The van der Waals surface area contributed by atoms with E-state index in [1.165, 1.54) is 0 Å². The van der Waals surface area contributed by atoms with E-state index in [2.05, 4.69) is 0 Å². The van der Waals surface area contributed by atoms with E-state index in [4.69, 9.17) is 9.84 Å². The summed E-state index contributed by atoms with van der Waals surface area (Å²) in [5.41, 5.74) is 0. The first-order chi connectivity index (χ1) is 6.06. The summed E-state index contributed by atoms with van der Waals surface area (Å²) in [6, 6.07) is 0. The van der Waals surface area contributed by atoms with Gasteiger partial charge in [-0.2, -0.15) is 0 Å². The Morgan fingerprint density at radius 2 is 1.92 bits per heavy atom. The molecule has 0 spiro atoms. The van der Waals surface area contributed by atoms with Crippen LogP contribution in [0, 0.1) is 5.92 Å². The quantitative estimate of drug-likeness (QED) is 0.550. The number of rotatable bonds is 2. The molecule has 4 nitrogen and oxygen atoms in total. The average Bonchev–Trinajstić information content (AvgIpc) is 2.03. The summed E-state index contributed by atoms with van der Waals surface area (Å²) in [4.78, 5) is 0. The monoisotopic (exact) mass is 190 g/mol. The van der Waals surface area contributed by atoms with Crippen LogP contribution in [-0.2, 0) is 4.74 Å². The van der Waals surface area contributed by atoms with Gasteiger partial charge in [-0.25, -0.2) is 0 Å². The first-order valence-electron chi connectivity index (χ1n) is 4.68. The fourth-order valence-electron chi connectivity index (χ4n) is 1.68. The van der Waals surface area contributed by atoms with Crippen LogP contribution in [0.15, 0.2) is 0 Å². The predicted octanol–water partition coefficient (Wildman–Crippen LogP) is -0.486. The highest BCUT2D eigenvalue weighted by molar-refractivity contribution is 4.85. The number of hydrogen-bond acceptors (Lipinski definition) is 4. The molecule has 1 rings (SSSR count). The van der Waals surface area contributed by atoms with Gasteiger partial charge in [0.1, 0.15) is 6.10 Å². The third kappa shape index (κ3) is 2.40. The van der Waals surface area contributed by atoms with Gasteiger partial charge >= 0.3 is 0 Å². The first kappa shape index (κ1) is 10.9. The fourth-order valence-corrected chi connectivity index (χ4v) is 1.68. The van der Waals surface area contributed by atoms with Crippen LogP contribution in [-0.4, -0.2) is 46.3 Å². The lowest BCUT2D eigenvalue weighted by Gasteiger charge is -2.38. The van der Waals surface area contributed by atoms with Gasteiger partial charge in [-0.15, -0.1) is 0 Å². The van der Waals surface area contributed by atoms with Crippen molar-refractivity contribution in [3.8, 4) is 0 Å². The lowest BCUT2D eigenvalue weighted by Crippen LogP contribution is -2.50. The number of ether oxygens (including phenoxy) is 1. The summed E-state index contributed by atoms with van der Waals surface area (Å²) in [5, 5.41) is 27.8. The maximum atomic E-state index is 9.56. The summed E-state index contributed by atoms with van der Waals surface area (Å²) >= 11 is 0. The van der Waals surface area contributed by atoms with E-state index in [9.17, 15) is 10.2 Å². The van der Waals surface area contributed by atoms with Crippen LogP contribution >= 0.6 is 0 Å². The third-order valence-electron chi connectivity index (χ3n) is 2.46. The van der Waals surface area contributed by atoms with Crippen LogP contribution in [0.5, 0.6) is 0 Å². The van der Waals surface area contributed by atoms with Crippen LogP contribution in [0.1, 0.15) is 20.3 Å². The van der Waals surface area contributed by atoms with Crippen LogP contribution in [0.25, 0.3) is 0 Å². The molecule has 1 heterocycles. The highest BCUT2D eigenvalue weighted by atomic mass is 16.5. The molecular weight excluding hydrogens is 172 g/mol. The predicted molar refractivity (Wildman–Crippen MR) is 47.2 cm³/mol. The molecular formula is C9H18O4. The van der Waals surface area contributed by atoms with Gasteiger partial charge in [0.25, 0.3) is 0 Å². The highest BCUT2D eigenvalue weighted by Gasteiger charge is 2.37. The minimum Gasteiger partial charge on any atom is -0.394 e. The zero-order valence-electron chi connectivity index (χ0n) is 8.05. The van der Waals surface area contributed by atoms with Crippen LogP contribution in [0.3, 0.4) is 0 Å². The molecule has 1 aliphatic heterocycles. The van der Waals surface area contributed by atoms with Crippen molar-refractivity contribution in [2.75, 3.05) is 6.61 Å². The Bertz CT molecular complexity index is 160. The Labute approximate surface area is 78.1 Å². The molecule has 1 unspecified atom stereocenters. The molecule has 0 radical (unpaired) electrons. The van der Waals surface area contributed by atoms with Gasteiger partial charge in [-0.1, -0.05) is 13.8 Å². The van der Waals surface area contributed by atoms with Crippen molar-refractivity contribution in [3.63, 3.8) is 0 Å². The number of aliphatic hydroxyl groups is 3. The van der Waals surface area contributed by atoms with Crippen LogP contribution < -0.4 is 0 Å². The van der Waals surface area contributed by atoms with E-state index in [0.717, 1.165) is 0 Å². The maximum absolute atomic E-state index is 9.56. The van der Waals surface area contributed by atoms with Crippen molar-refractivity contribution < 1.29 is 20.1 Å². The lowest BCUT2D eigenvalue weighted by molar-refractivity contribution is -0.191.